The third-order valence-electron chi connectivity index (χ3n) is 6.28. The highest BCUT2D eigenvalue weighted by Gasteiger charge is 2.33. The summed E-state index contributed by atoms with van der Waals surface area (Å²) in [6.45, 7) is 4.94. The van der Waals surface area contributed by atoms with Crippen LogP contribution in [0.15, 0.2) is 77.7 Å². The topological polar surface area (TPSA) is 86.8 Å². The molecule has 10 heteroatoms. The van der Waals surface area contributed by atoms with Crippen LogP contribution in [0, 0.1) is 12.7 Å². The number of hydrogen-bond donors (Lipinski definition) is 1. The lowest BCUT2D eigenvalue weighted by atomic mass is 10.1. The summed E-state index contributed by atoms with van der Waals surface area (Å²) in [5, 5.41) is 3.08. The van der Waals surface area contributed by atoms with Gasteiger partial charge in [0.25, 0.3) is 10.0 Å². The molecule has 0 heterocycles. The molecule has 0 saturated heterocycles. The monoisotopic (exact) mass is 573 g/mol. The van der Waals surface area contributed by atoms with Crippen LogP contribution >= 0.6 is 11.6 Å². The summed E-state index contributed by atoms with van der Waals surface area (Å²) in [7, 11) is -4.21. The average molecular weight is 574 g/mol. The molecule has 0 aliphatic heterocycles. The maximum absolute atomic E-state index is 14.6. The van der Waals surface area contributed by atoms with Crippen molar-refractivity contribution in [1.29, 1.82) is 0 Å². The largest absolute Gasteiger partial charge is 0.354 e. The van der Waals surface area contributed by atoms with Crippen LogP contribution in [0.5, 0.6) is 0 Å². The second kappa shape index (κ2) is 13.6. The second-order valence-electron chi connectivity index (χ2n) is 9.24. The van der Waals surface area contributed by atoms with Crippen molar-refractivity contribution < 1.29 is 22.4 Å². The van der Waals surface area contributed by atoms with Gasteiger partial charge in [-0.15, -0.1) is 0 Å². The van der Waals surface area contributed by atoms with Gasteiger partial charge in [-0.2, -0.15) is 0 Å². The number of sulfonamides is 1. The Labute approximate surface area is 234 Å². The van der Waals surface area contributed by atoms with Gasteiger partial charge in [-0.25, -0.2) is 12.8 Å². The predicted molar refractivity (Wildman–Crippen MR) is 151 cm³/mol. The summed E-state index contributed by atoms with van der Waals surface area (Å²) in [6, 6.07) is 17.4. The standard InChI is InChI=1S/C29H33ClFN3O4S/c1-4-5-17-32-29(36)22(3)33(19-23-9-6-7-12-27(23)31)28(35)20-34(25-11-8-10-24(30)18-25)39(37,38)26-15-13-21(2)14-16-26/h6-16,18,22H,4-5,17,19-20H2,1-3H3,(H,32,36). The molecule has 1 N–H and O–H groups in total. The van der Waals surface area contributed by atoms with Crippen molar-refractivity contribution in [3.63, 3.8) is 0 Å². The SMILES string of the molecule is CCCCNC(=O)C(C)N(Cc1ccccc1F)C(=O)CN(c1cccc(Cl)c1)S(=O)(=O)c1ccc(C)cc1. The molecule has 3 aromatic rings. The summed E-state index contributed by atoms with van der Waals surface area (Å²) in [6.07, 6.45) is 1.63. The minimum atomic E-state index is -4.21. The van der Waals surface area contributed by atoms with E-state index in [0.29, 0.717) is 6.54 Å². The first-order valence-corrected chi connectivity index (χ1v) is 14.5. The first-order valence-electron chi connectivity index (χ1n) is 12.7. The maximum atomic E-state index is 14.6. The van der Waals surface area contributed by atoms with Gasteiger partial charge in [0.15, 0.2) is 0 Å². The van der Waals surface area contributed by atoms with Gasteiger partial charge >= 0.3 is 0 Å². The molecule has 2 amide bonds. The fraction of sp³-hybridized carbons (Fsp3) is 0.310. The minimum Gasteiger partial charge on any atom is -0.354 e. The molecule has 0 aliphatic rings. The quantitative estimate of drug-likeness (QED) is 0.297. The first kappa shape index (κ1) is 30.1. The summed E-state index contributed by atoms with van der Waals surface area (Å²) in [4.78, 5) is 28.0. The minimum absolute atomic E-state index is 0.00751. The molecule has 0 fully saturated rings. The highest BCUT2D eigenvalue weighted by atomic mass is 35.5. The molecule has 3 rings (SSSR count). The number of rotatable bonds is 12. The molecule has 7 nitrogen and oxygen atoms in total. The van der Waals surface area contributed by atoms with Gasteiger partial charge in [0.2, 0.25) is 11.8 Å². The van der Waals surface area contributed by atoms with Crippen molar-refractivity contribution in [2.75, 3.05) is 17.4 Å². The van der Waals surface area contributed by atoms with E-state index in [1.54, 1.807) is 30.3 Å². The zero-order valence-electron chi connectivity index (χ0n) is 22.2. The zero-order valence-corrected chi connectivity index (χ0v) is 23.8. The molecule has 0 radical (unpaired) electrons. The number of nitrogens with one attached hydrogen (secondary N) is 1. The molecular weight excluding hydrogens is 541 g/mol. The van der Waals surface area contributed by atoms with E-state index >= 15 is 0 Å². The van der Waals surface area contributed by atoms with Crippen LogP contribution in [0.25, 0.3) is 0 Å². The van der Waals surface area contributed by atoms with Crippen LogP contribution in [0.1, 0.15) is 37.8 Å². The summed E-state index contributed by atoms with van der Waals surface area (Å²) in [5.41, 5.74) is 1.26. The van der Waals surface area contributed by atoms with Crippen molar-refractivity contribution >= 4 is 39.1 Å². The van der Waals surface area contributed by atoms with Crippen LogP contribution in [-0.2, 0) is 26.2 Å². The number of nitrogens with zero attached hydrogens (tertiary/aromatic N) is 2. The van der Waals surface area contributed by atoms with Crippen LogP contribution in [0.2, 0.25) is 5.02 Å². The maximum Gasteiger partial charge on any atom is 0.264 e. The molecule has 39 heavy (non-hydrogen) atoms. The molecular formula is C29H33ClFN3O4S. The third kappa shape index (κ3) is 7.80. The van der Waals surface area contributed by atoms with Gasteiger partial charge in [0.05, 0.1) is 10.6 Å². The molecule has 0 aromatic heterocycles. The van der Waals surface area contributed by atoms with Crippen LogP contribution in [0.4, 0.5) is 10.1 Å². The van der Waals surface area contributed by atoms with E-state index in [0.717, 1.165) is 22.7 Å². The Balaban J connectivity index is 2.01. The first-order chi connectivity index (χ1) is 18.5. The van der Waals surface area contributed by atoms with Crippen molar-refractivity contribution in [2.45, 2.75) is 51.1 Å². The van der Waals surface area contributed by atoms with Crippen molar-refractivity contribution in [3.05, 3.63) is 94.8 Å². The molecule has 1 unspecified atom stereocenters. The lowest BCUT2D eigenvalue weighted by Crippen LogP contribution is -2.51. The van der Waals surface area contributed by atoms with Gasteiger partial charge in [0.1, 0.15) is 18.4 Å². The Morgan fingerprint density at radius 1 is 1.03 bits per heavy atom. The third-order valence-corrected chi connectivity index (χ3v) is 8.30. The van der Waals surface area contributed by atoms with E-state index < -0.39 is 40.2 Å². The number of unbranched alkanes of at least 4 members (excludes halogenated alkanes) is 1. The summed E-state index contributed by atoms with van der Waals surface area (Å²) in [5.74, 6) is -1.62. The number of anilines is 1. The van der Waals surface area contributed by atoms with E-state index in [1.807, 2.05) is 13.8 Å². The lowest BCUT2D eigenvalue weighted by Gasteiger charge is -2.32. The fourth-order valence-corrected chi connectivity index (χ4v) is 5.52. The number of carbonyl (C=O) groups excluding carboxylic acids is 2. The number of carbonyl (C=O) groups is 2. The van der Waals surface area contributed by atoms with Crippen LogP contribution in [-0.4, -0.2) is 44.3 Å². The Bertz CT molecular complexity index is 1400. The van der Waals surface area contributed by atoms with Gasteiger partial charge in [0, 0.05) is 23.7 Å². The van der Waals surface area contributed by atoms with Crippen molar-refractivity contribution in [2.24, 2.45) is 0 Å². The predicted octanol–water partition coefficient (Wildman–Crippen LogP) is 5.32. The van der Waals surface area contributed by atoms with E-state index in [4.69, 9.17) is 11.6 Å². The number of amides is 2. The number of hydrogen-bond acceptors (Lipinski definition) is 4. The second-order valence-corrected chi connectivity index (χ2v) is 11.5. The molecule has 1 atom stereocenters. The van der Waals surface area contributed by atoms with E-state index in [9.17, 15) is 22.4 Å². The Morgan fingerprint density at radius 2 is 1.72 bits per heavy atom. The number of aryl methyl sites for hydroxylation is 1. The van der Waals surface area contributed by atoms with Gasteiger partial charge in [-0.05, 0) is 56.7 Å². The van der Waals surface area contributed by atoms with E-state index in [1.165, 1.54) is 54.3 Å². The van der Waals surface area contributed by atoms with Gasteiger partial charge in [-0.1, -0.05) is 66.9 Å². The smallest absolute Gasteiger partial charge is 0.264 e. The van der Waals surface area contributed by atoms with E-state index in [2.05, 4.69) is 5.32 Å². The Hall–Kier alpha value is -3.43. The molecule has 0 saturated carbocycles. The van der Waals surface area contributed by atoms with Gasteiger partial charge in [-0.3, -0.25) is 13.9 Å². The van der Waals surface area contributed by atoms with Crippen LogP contribution in [0.3, 0.4) is 0 Å². The number of halogens is 2. The normalized spacial score (nSPS) is 12.0. The molecule has 3 aromatic carbocycles. The van der Waals surface area contributed by atoms with Crippen molar-refractivity contribution in [3.8, 4) is 0 Å². The fourth-order valence-electron chi connectivity index (χ4n) is 3.93. The Kier molecular flexibility index (Phi) is 10.5. The van der Waals surface area contributed by atoms with Crippen molar-refractivity contribution in [1.82, 2.24) is 10.2 Å². The van der Waals surface area contributed by atoms with Crippen LogP contribution < -0.4 is 9.62 Å². The van der Waals surface area contributed by atoms with E-state index in [-0.39, 0.29) is 27.7 Å². The molecule has 0 aliphatic carbocycles. The highest BCUT2D eigenvalue weighted by Crippen LogP contribution is 2.27. The average Bonchev–Trinajstić information content (AvgIpc) is 2.91. The molecule has 208 valence electrons. The Morgan fingerprint density at radius 3 is 2.36 bits per heavy atom. The zero-order chi connectivity index (χ0) is 28.6. The lowest BCUT2D eigenvalue weighted by molar-refractivity contribution is -0.139. The van der Waals surface area contributed by atoms with Gasteiger partial charge < -0.3 is 10.2 Å². The highest BCUT2D eigenvalue weighted by molar-refractivity contribution is 7.92. The molecule has 0 spiro atoms. The summed E-state index contributed by atoms with van der Waals surface area (Å²) >= 11 is 6.17. The molecule has 0 bridgehead atoms. The number of benzene rings is 3. The summed E-state index contributed by atoms with van der Waals surface area (Å²) < 4.78 is 43.1.